The summed E-state index contributed by atoms with van der Waals surface area (Å²) in [5, 5.41) is 17.6. The third-order valence-corrected chi connectivity index (χ3v) is 5.46. The van der Waals surface area contributed by atoms with Gasteiger partial charge in [0, 0.05) is 12.5 Å². The molecule has 3 rings (SSSR count). The van der Waals surface area contributed by atoms with E-state index in [1.54, 1.807) is 16.2 Å². The van der Waals surface area contributed by atoms with Gasteiger partial charge >= 0.3 is 0 Å². The van der Waals surface area contributed by atoms with E-state index in [4.69, 9.17) is 0 Å². The van der Waals surface area contributed by atoms with E-state index in [1.807, 2.05) is 54.1 Å². The van der Waals surface area contributed by atoms with Gasteiger partial charge in [0.25, 0.3) is 0 Å². The highest BCUT2D eigenvalue weighted by Crippen LogP contribution is 2.23. The van der Waals surface area contributed by atoms with Gasteiger partial charge in [0.15, 0.2) is 0 Å². The summed E-state index contributed by atoms with van der Waals surface area (Å²) in [5.41, 5.74) is 1.96. The molecule has 2 atom stereocenters. The van der Waals surface area contributed by atoms with Gasteiger partial charge in [-0.05, 0) is 47.0 Å². The molecule has 1 aromatic heterocycles. The first-order valence-electron chi connectivity index (χ1n) is 8.38. The Labute approximate surface area is 159 Å². The van der Waals surface area contributed by atoms with Gasteiger partial charge in [-0.15, -0.1) is 12.4 Å². The topological polar surface area (TPSA) is 52.6 Å². The van der Waals surface area contributed by atoms with Crippen LogP contribution in [0.25, 0.3) is 0 Å². The normalized spacial score (nSPS) is 16.4. The van der Waals surface area contributed by atoms with Gasteiger partial charge in [-0.2, -0.15) is 11.3 Å². The van der Waals surface area contributed by atoms with Crippen molar-refractivity contribution in [1.29, 1.82) is 0 Å². The van der Waals surface area contributed by atoms with Crippen LogP contribution in [0.4, 0.5) is 0 Å². The number of aliphatic hydroxyl groups is 1. The van der Waals surface area contributed by atoms with Crippen LogP contribution in [-0.2, 0) is 11.3 Å². The minimum absolute atomic E-state index is 0. The van der Waals surface area contributed by atoms with Gasteiger partial charge < -0.3 is 15.3 Å². The van der Waals surface area contributed by atoms with Gasteiger partial charge in [0.1, 0.15) is 0 Å². The lowest BCUT2D eigenvalue weighted by atomic mass is 9.87. The Morgan fingerprint density at radius 1 is 1.32 bits per heavy atom. The quantitative estimate of drug-likeness (QED) is 0.776. The number of rotatable bonds is 7. The predicted octanol–water partition coefficient (Wildman–Crippen LogP) is 3.09. The van der Waals surface area contributed by atoms with Crippen LogP contribution in [0.1, 0.15) is 24.2 Å². The largest absolute Gasteiger partial charge is 0.387 e. The van der Waals surface area contributed by atoms with Crippen LogP contribution in [0.3, 0.4) is 0 Å². The van der Waals surface area contributed by atoms with Crippen LogP contribution in [-0.4, -0.2) is 35.5 Å². The number of carbonyl (C=O) groups is 1. The minimum atomic E-state index is -0.643. The van der Waals surface area contributed by atoms with E-state index in [2.05, 4.69) is 5.32 Å². The summed E-state index contributed by atoms with van der Waals surface area (Å²) in [6.07, 6.45) is -0.643. The van der Waals surface area contributed by atoms with Crippen LogP contribution in [0.15, 0.2) is 47.2 Å². The Hall–Kier alpha value is -1.40. The first-order chi connectivity index (χ1) is 11.6. The Balaban J connectivity index is 0.00000225. The molecule has 1 aliphatic heterocycles. The molecule has 1 amide bonds. The molecule has 2 heterocycles. The van der Waals surface area contributed by atoms with Gasteiger partial charge in [-0.3, -0.25) is 4.79 Å². The van der Waals surface area contributed by atoms with E-state index >= 15 is 0 Å². The molecule has 1 aliphatic rings. The first kappa shape index (κ1) is 19.9. The Morgan fingerprint density at radius 3 is 2.60 bits per heavy atom. The molecule has 1 aromatic carbocycles. The maximum atomic E-state index is 13.0. The number of halogens is 1. The van der Waals surface area contributed by atoms with Crippen molar-refractivity contribution in [2.75, 3.05) is 19.6 Å². The molecule has 0 bridgehead atoms. The van der Waals surface area contributed by atoms with Gasteiger partial charge in [0.05, 0.1) is 12.6 Å². The maximum Gasteiger partial charge on any atom is 0.226 e. The molecule has 4 nitrogen and oxygen atoms in total. The number of nitrogens with one attached hydrogen (secondary N) is 1. The van der Waals surface area contributed by atoms with E-state index in [0.29, 0.717) is 19.0 Å². The molecule has 0 radical (unpaired) electrons. The molecule has 0 aliphatic carbocycles. The highest BCUT2D eigenvalue weighted by atomic mass is 35.5. The SMILES string of the molecule is CC(C(=O)N(Cc1ccccc1)CC(O)c1ccsc1)C1CNC1.Cl. The molecule has 6 heteroatoms. The smallest absolute Gasteiger partial charge is 0.226 e. The summed E-state index contributed by atoms with van der Waals surface area (Å²) in [7, 11) is 0. The average molecular weight is 381 g/mol. The molecule has 1 fully saturated rings. The number of nitrogens with zero attached hydrogens (tertiary/aromatic N) is 1. The third-order valence-electron chi connectivity index (χ3n) is 4.76. The van der Waals surface area contributed by atoms with Crippen molar-refractivity contribution in [3.8, 4) is 0 Å². The average Bonchev–Trinajstić information content (AvgIpc) is 3.07. The van der Waals surface area contributed by atoms with Crippen molar-refractivity contribution in [1.82, 2.24) is 10.2 Å². The molecule has 2 aromatic rings. The molecular formula is C19H25ClN2O2S. The van der Waals surface area contributed by atoms with Gasteiger partial charge in [-0.25, -0.2) is 0 Å². The molecule has 25 heavy (non-hydrogen) atoms. The highest BCUT2D eigenvalue weighted by Gasteiger charge is 2.32. The Bertz CT molecular complexity index is 647. The molecular weight excluding hydrogens is 356 g/mol. The van der Waals surface area contributed by atoms with Crippen molar-refractivity contribution >= 4 is 29.7 Å². The summed E-state index contributed by atoms with van der Waals surface area (Å²) in [6.45, 7) is 4.67. The van der Waals surface area contributed by atoms with Crippen LogP contribution in [0.5, 0.6) is 0 Å². The molecule has 2 unspecified atom stereocenters. The molecule has 0 spiro atoms. The predicted molar refractivity (Wildman–Crippen MR) is 104 cm³/mol. The van der Waals surface area contributed by atoms with Crippen molar-refractivity contribution in [2.45, 2.75) is 19.6 Å². The molecule has 0 saturated carbocycles. The second kappa shape index (κ2) is 9.34. The number of benzene rings is 1. The number of hydrogen-bond acceptors (Lipinski definition) is 4. The monoisotopic (exact) mass is 380 g/mol. The second-order valence-corrected chi connectivity index (χ2v) is 7.26. The number of hydrogen-bond donors (Lipinski definition) is 2. The van der Waals surface area contributed by atoms with Crippen molar-refractivity contribution in [3.05, 3.63) is 58.3 Å². The fourth-order valence-corrected chi connectivity index (χ4v) is 3.68. The summed E-state index contributed by atoms with van der Waals surface area (Å²) in [4.78, 5) is 14.8. The Morgan fingerprint density at radius 2 is 2.04 bits per heavy atom. The summed E-state index contributed by atoms with van der Waals surface area (Å²) >= 11 is 1.56. The lowest BCUT2D eigenvalue weighted by Gasteiger charge is -2.35. The lowest BCUT2D eigenvalue weighted by molar-refractivity contribution is -0.139. The van der Waals surface area contributed by atoms with Crippen molar-refractivity contribution in [2.24, 2.45) is 11.8 Å². The van der Waals surface area contributed by atoms with E-state index in [1.165, 1.54) is 0 Å². The molecule has 136 valence electrons. The van der Waals surface area contributed by atoms with Crippen LogP contribution < -0.4 is 5.32 Å². The number of amides is 1. The highest BCUT2D eigenvalue weighted by molar-refractivity contribution is 7.07. The van der Waals surface area contributed by atoms with Crippen LogP contribution in [0, 0.1) is 11.8 Å². The van der Waals surface area contributed by atoms with Crippen LogP contribution in [0.2, 0.25) is 0 Å². The number of carbonyl (C=O) groups excluding carboxylic acids is 1. The summed E-state index contributed by atoms with van der Waals surface area (Å²) in [5.74, 6) is 0.498. The number of thiophene rings is 1. The van der Waals surface area contributed by atoms with Crippen LogP contribution >= 0.6 is 23.7 Å². The Kier molecular flexibility index (Phi) is 7.44. The fraction of sp³-hybridized carbons (Fsp3) is 0.421. The summed E-state index contributed by atoms with van der Waals surface area (Å²) < 4.78 is 0. The number of aliphatic hydroxyl groups excluding tert-OH is 1. The fourth-order valence-electron chi connectivity index (χ4n) is 2.97. The van der Waals surface area contributed by atoms with Crippen molar-refractivity contribution < 1.29 is 9.90 Å². The zero-order valence-electron chi connectivity index (χ0n) is 14.3. The molecule has 1 saturated heterocycles. The first-order valence-corrected chi connectivity index (χ1v) is 9.33. The summed E-state index contributed by atoms with van der Waals surface area (Å²) in [6, 6.07) is 11.9. The van der Waals surface area contributed by atoms with Gasteiger partial charge in [-0.1, -0.05) is 37.3 Å². The molecule has 2 N–H and O–H groups in total. The van der Waals surface area contributed by atoms with Crippen molar-refractivity contribution in [3.63, 3.8) is 0 Å². The van der Waals surface area contributed by atoms with E-state index < -0.39 is 6.10 Å². The van der Waals surface area contributed by atoms with Gasteiger partial charge in [0.2, 0.25) is 5.91 Å². The lowest BCUT2D eigenvalue weighted by Crippen LogP contribution is -2.50. The third kappa shape index (κ3) is 5.05. The second-order valence-electron chi connectivity index (χ2n) is 6.48. The van der Waals surface area contributed by atoms with E-state index in [9.17, 15) is 9.90 Å². The van der Waals surface area contributed by atoms with E-state index in [-0.39, 0.29) is 24.2 Å². The zero-order valence-corrected chi connectivity index (χ0v) is 15.9. The minimum Gasteiger partial charge on any atom is -0.387 e. The van der Waals surface area contributed by atoms with E-state index in [0.717, 1.165) is 24.2 Å². The zero-order chi connectivity index (χ0) is 16.9. The standard InChI is InChI=1S/C19H24N2O2S.ClH/c1-14(17-9-20-10-17)19(23)21(11-15-5-3-2-4-6-15)12-18(22)16-7-8-24-13-16;/h2-8,13-14,17-18,20,22H,9-12H2,1H3;1H. The maximum absolute atomic E-state index is 13.0.